The van der Waals surface area contributed by atoms with Crippen LogP contribution in [0.4, 0.5) is 10.2 Å². The average molecular weight is 431 g/mol. The van der Waals surface area contributed by atoms with Gasteiger partial charge in [0.05, 0.1) is 42.5 Å². The summed E-state index contributed by atoms with van der Waals surface area (Å²) >= 11 is 0. The van der Waals surface area contributed by atoms with Gasteiger partial charge in [0.1, 0.15) is 5.82 Å². The molecule has 3 aromatic heterocycles. The first-order chi connectivity index (χ1) is 15.6. The van der Waals surface area contributed by atoms with Crippen molar-refractivity contribution in [3.05, 3.63) is 66.2 Å². The first-order valence-electron chi connectivity index (χ1n) is 10.5. The molecule has 0 saturated carbocycles. The van der Waals surface area contributed by atoms with E-state index in [-0.39, 0.29) is 24.0 Å². The van der Waals surface area contributed by atoms with E-state index in [1.54, 1.807) is 12.1 Å². The van der Waals surface area contributed by atoms with Gasteiger partial charge < -0.3 is 14.7 Å². The van der Waals surface area contributed by atoms with Gasteiger partial charge in [-0.2, -0.15) is 4.39 Å². The zero-order valence-electron chi connectivity index (χ0n) is 17.6. The third kappa shape index (κ3) is 3.79. The highest BCUT2D eigenvalue weighted by atomic mass is 19.1. The van der Waals surface area contributed by atoms with Crippen LogP contribution in [0, 0.1) is 5.95 Å². The minimum atomic E-state index is -0.625. The first kappa shape index (κ1) is 20.4. The van der Waals surface area contributed by atoms with Crippen molar-refractivity contribution >= 4 is 16.9 Å². The van der Waals surface area contributed by atoms with Gasteiger partial charge in [0, 0.05) is 18.3 Å². The number of ether oxygens (including phenoxy) is 1. The molecule has 8 heteroatoms. The first-order valence-corrected chi connectivity index (χ1v) is 10.5. The van der Waals surface area contributed by atoms with Crippen LogP contribution < -0.4 is 4.90 Å². The van der Waals surface area contributed by atoms with Crippen molar-refractivity contribution < 1.29 is 14.2 Å². The van der Waals surface area contributed by atoms with Gasteiger partial charge in [-0.1, -0.05) is 18.2 Å². The fourth-order valence-electron chi connectivity index (χ4n) is 3.92. The Kier molecular flexibility index (Phi) is 5.46. The molecule has 1 saturated heterocycles. The van der Waals surface area contributed by atoms with E-state index in [4.69, 9.17) is 14.7 Å². The van der Waals surface area contributed by atoms with E-state index in [9.17, 15) is 9.50 Å². The summed E-state index contributed by atoms with van der Waals surface area (Å²) in [7, 11) is 0. The van der Waals surface area contributed by atoms with Crippen LogP contribution in [0.3, 0.4) is 0 Å². The van der Waals surface area contributed by atoms with Crippen LogP contribution in [0.15, 0.2) is 54.7 Å². The van der Waals surface area contributed by atoms with Crippen molar-refractivity contribution in [2.45, 2.75) is 19.6 Å². The maximum atomic E-state index is 14.5. The number of morpholine rings is 1. The smallest absolute Gasteiger partial charge is 0.223 e. The van der Waals surface area contributed by atoms with Crippen molar-refractivity contribution in [3.63, 3.8) is 0 Å². The predicted molar refractivity (Wildman–Crippen MR) is 120 cm³/mol. The summed E-state index contributed by atoms with van der Waals surface area (Å²) in [5.41, 5.74) is 3.08. The molecule has 4 heterocycles. The number of fused-ring (bicyclic) bond motifs is 1. The molecule has 1 fully saturated rings. The Labute approximate surface area is 184 Å². The molecule has 32 heavy (non-hydrogen) atoms. The number of rotatable bonds is 4. The van der Waals surface area contributed by atoms with E-state index in [2.05, 4.69) is 21.8 Å². The van der Waals surface area contributed by atoms with E-state index < -0.39 is 5.95 Å². The summed E-state index contributed by atoms with van der Waals surface area (Å²) in [4.78, 5) is 20.0. The largest absolute Gasteiger partial charge is 0.392 e. The molecular formula is C24H22FN5O2. The summed E-state index contributed by atoms with van der Waals surface area (Å²) in [6, 6.07) is 14.8. The molecule has 0 spiro atoms. The highest BCUT2D eigenvalue weighted by Crippen LogP contribution is 2.31. The molecule has 5 rings (SSSR count). The average Bonchev–Trinajstić information content (AvgIpc) is 2.83. The van der Waals surface area contributed by atoms with Gasteiger partial charge in [0.15, 0.2) is 11.5 Å². The molecule has 1 atom stereocenters. The van der Waals surface area contributed by atoms with Crippen LogP contribution in [0.2, 0.25) is 0 Å². The number of halogens is 1. The number of hydrogen-bond acceptors (Lipinski definition) is 7. The van der Waals surface area contributed by atoms with Crippen LogP contribution >= 0.6 is 0 Å². The number of hydrogen-bond donors (Lipinski definition) is 1. The zero-order valence-corrected chi connectivity index (χ0v) is 17.6. The summed E-state index contributed by atoms with van der Waals surface area (Å²) < 4.78 is 20.1. The molecule has 0 amide bonds. The van der Waals surface area contributed by atoms with E-state index in [1.165, 1.54) is 6.20 Å². The van der Waals surface area contributed by atoms with Gasteiger partial charge in [-0.05, 0) is 42.8 Å². The van der Waals surface area contributed by atoms with Crippen LogP contribution in [0.25, 0.3) is 33.7 Å². The highest BCUT2D eigenvalue weighted by Gasteiger charge is 2.24. The van der Waals surface area contributed by atoms with Gasteiger partial charge in [0.2, 0.25) is 5.95 Å². The molecular weight excluding hydrogens is 409 g/mol. The molecule has 0 aliphatic carbocycles. The molecule has 4 aromatic rings. The molecule has 0 bridgehead atoms. The lowest BCUT2D eigenvalue weighted by Crippen LogP contribution is -2.44. The van der Waals surface area contributed by atoms with E-state index in [1.807, 2.05) is 36.4 Å². The molecule has 0 radical (unpaired) electrons. The van der Waals surface area contributed by atoms with E-state index >= 15 is 0 Å². The standard InChI is InChI=1S/C24H22FN5O2/c1-15-14-32-11-10-30(15)24-19-7-8-20(17-5-2-4-16(12-17)13-31)27-23(19)28-22(29-24)18-6-3-9-26-21(18)25/h2-9,12,15,31H,10-11,13-14H2,1H3/t15-/m0/s1. The fraction of sp³-hybridized carbons (Fsp3) is 0.250. The Balaban J connectivity index is 1.71. The minimum absolute atomic E-state index is 0.0485. The van der Waals surface area contributed by atoms with Crippen LogP contribution in [0.5, 0.6) is 0 Å². The van der Waals surface area contributed by atoms with Crippen LogP contribution in [-0.2, 0) is 11.3 Å². The quantitative estimate of drug-likeness (QED) is 0.494. The van der Waals surface area contributed by atoms with Gasteiger partial charge >= 0.3 is 0 Å². The van der Waals surface area contributed by atoms with Gasteiger partial charge in [-0.15, -0.1) is 0 Å². The Hall–Kier alpha value is -3.49. The number of benzene rings is 1. The normalized spacial score (nSPS) is 16.5. The number of pyridine rings is 2. The third-order valence-corrected chi connectivity index (χ3v) is 5.58. The second-order valence-corrected chi connectivity index (χ2v) is 7.76. The van der Waals surface area contributed by atoms with Gasteiger partial charge in [-0.3, -0.25) is 0 Å². The Morgan fingerprint density at radius 1 is 1.12 bits per heavy atom. The maximum absolute atomic E-state index is 14.5. The van der Waals surface area contributed by atoms with E-state index in [0.29, 0.717) is 36.9 Å². The summed E-state index contributed by atoms with van der Waals surface area (Å²) in [6.45, 7) is 3.86. The van der Waals surface area contributed by atoms with Crippen LogP contribution in [-0.4, -0.2) is 50.8 Å². The molecule has 7 nitrogen and oxygen atoms in total. The molecule has 1 aliphatic heterocycles. The monoisotopic (exact) mass is 431 g/mol. The lowest BCUT2D eigenvalue weighted by atomic mass is 10.1. The Morgan fingerprint density at radius 3 is 2.84 bits per heavy atom. The number of nitrogens with zero attached hydrogens (tertiary/aromatic N) is 5. The van der Waals surface area contributed by atoms with Crippen molar-refractivity contribution in [1.82, 2.24) is 19.9 Å². The van der Waals surface area contributed by atoms with Gasteiger partial charge in [-0.25, -0.2) is 19.9 Å². The fourth-order valence-corrected chi connectivity index (χ4v) is 3.92. The van der Waals surface area contributed by atoms with Gasteiger partial charge in [0.25, 0.3) is 0 Å². The molecule has 1 aliphatic rings. The Bertz CT molecular complexity index is 1280. The SMILES string of the molecule is C[C@H]1COCCN1c1nc(-c2cccnc2F)nc2nc(-c3cccc(CO)c3)ccc12. The minimum Gasteiger partial charge on any atom is -0.392 e. The highest BCUT2D eigenvalue weighted by molar-refractivity contribution is 5.90. The predicted octanol–water partition coefficient (Wildman–Crippen LogP) is 3.61. The van der Waals surface area contributed by atoms with E-state index in [0.717, 1.165) is 16.5 Å². The summed E-state index contributed by atoms with van der Waals surface area (Å²) in [5, 5.41) is 10.3. The lowest BCUT2D eigenvalue weighted by Gasteiger charge is -2.35. The number of aliphatic hydroxyl groups is 1. The molecule has 0 unspecified atom stereocenters. The molecule has 1 aromatic carbocycles. The van der Waals surface area contributed by atoms with Crippen molar-refractivity contribution in [1.29, 1.82) is 0 Å². The third-order valence-electron chi connectivity index (χ3n) is 5.58. The zero-order chi connectivity index (χ0) is 22.1. The summed E-state index contributed by atoms with van der Waals surface area (Å²) in [6.07, 6.45) is 1.40. The maximum Gasteiger partial charge on any atom is 0.223 e. The second-order valence-electron chi connectivity index (χ2n) is 7.76. The second kappa shape index (κ2) is 8.57. The van der Waals surface area contributed by atoms with Crippen molar-refractivity contribution in [3.8, 4) is 22.6 Å². The lowest BCUT2D eigenvalue weighted by molar-refractivity contribution is 0.0987. The van der Waals surface area contributed by atoms with Crippen LogP contribution in [0.1, 0.15) is 12.5 Å². The number of anilines is 1. The molecule has 162 valence electrons. The van der Waals surface area contributed by atoms with Crippen molar-refractivity contribution in [2.24, 2.45) is 0 Å². The number of aromatic nitrogens is 4. The Morgan fingerprint density at radius 2 is 2.03 bits per heavy atom. The summed E-state index contributed by atoms with van der Waals surface area (Å²) in [5.74, 6) is 0.317. The molecule has 1 N–H and O–H groups in total. The topological polar surface area (TPSA) is 84.3 Å². The van der Waals surface area contributed by atoms with Crippen molar-refractivity contribution in [2.75, 3.05) is 24.7 Å². The number of aliphatic hydroxyl groups excluding tert-OH is 1.